The Morgan fingerprint density at radius 1 is 1.16 bits per heavy atom. The smallest absolute Gasteiger partial charge is 0.126 e. The van der Waals surface area contributed by atoms with Crippen molar-refractivity contribution >= 4 is 0 Å². The van der Waals surface area contributed by atoms with Gasteiger partial charge in [-0.3, -0.25) is 0 Å². The van der Waals surface area contributed by atoms with Crippen molar-refractivity contribution in [2.75, 3.05) is 6.54 Å². The van der Waals surface area contributed by atoms with Crippen molar-refractivity contribution in [3.8, 4) is 0 Å². The quantitative estimate of drug-likeness (QED) is 0.831. The van der Waals surface area contributed by atoms with Crippen LogP contribution in [0.15, 0.2) is 18.2 Å². The summed E-state index contributed by atoms with van der Waals surface area (Å²) in [5.41, 5.74) is -0.285. The first-order valence-corrected chi connectivity index (χ1v) is 6.61. The van der Waals surface area contributed by atoms with E-state index in [1.165, 1.54) is 12.1 Å². The fourth-order valence-corrected chi connectivity index (χ4v) is 2.27. The van der Waals surface area contributed by atoms with Crippen LogP contribution in [-0.4, -0.2) is 17.3 Å². The number of aliphatic hydroxyl groups is 1. The van der Waals surface area contributed by atoms with Crippen molar-refractivity contribution in [1.82, 2.24) is 5.32 Å². The van der Waals surface area contributed by atoms with Crippen molar-refractivity contribution in [1.29, 1.82) is 0 Å². The molecule has 1 aromatic rings. The second kappa shape index (κ2) is 6.44. The molecule has 2 N–H and O–H groups in total. The van der Waals surface area contributed by atoms with Crippen LogP contribution in [0.4, 0.5) is 8.78 Å². The average molecular weight is 271 g/mol. The molecular formula is C15H23F2NO. The van der Waals surface area contributed by atoms with Gasteiger partial charge in [0.2, 0.25) is 0 Å². The highest BCUT2D eigenvalue weighted by Gasteiger charge is 2.22. The minimum atomic E-state index is -0.825. The molecule has 2 unspecified atom stereocenters. The molecular weight excluding hydrogens is 248 g/mol. The number of nitrogens with one attached hydrogen (secondary N) is 1. The van der Waals surface area contributed by atoms with E-state index in [0.717, 1.165) is 6.07 Å². The predicted molar refractivity (Wildman–Crippen MR) is 72.9 cm³/mol. The zero-order valence-electron chi connectivity index (χ0n) is 12.0. The largest absolute Gasteiger partial charge is 0.389 e. The van der Waals surface area contributed by atoms with Gasteiger partial charge in [-0.1, -0.05) is 13.8 Å². The van der Waals surface area contributed by atoms with Crippen LogP contribution in [0.3, 0.4) is 0 Å². The van der Waals surface area contributed by atoms with E-state index in [9.17, 15) is 13.9 Å². The first-order chi connectivity index (χ1) is 8.69. The zero-order valence-corrected chi connectivity index (χ0v) is 12.0. The van der Waals surface area contributed by atoms with E-state index in [2.05, 4.69) is 5.32 Å². The van der Waals surface area contributed by atoms with Crippen LogP contribution >= 0.6 is 0 Å². The molecule has 2 nitrogen and oxygen atoms in total. The molecule has 0 spiro atoms. The molecule has 0 amide bonds. The standard InChI is InChI=1S/C15H23F2NO/c1-10(2)8-15(4,19)9-18-11(3)12-5-13(16)7-14(17)6-12/h5-7,10-11,18-19H,8-9H2,1-4H3. The Labute approximate surface area is 113 Å². The third kappa shape index (κ3) is 5.66. The summed E-state index contributed by atoms with van der Waals surface area (Å²) >= 11 is 0. The number of halogens is 2. The molecule has 0 aromatic heterocycles. The SMILES string of the molecule is CC(C)CC(C)(O)CNC(C)c1cc(F)cc(F)c1. The Kier molecular flexibility index (Phi) is 5.44. The first-order valence-electron chi connectivity index (χ1n) is 6.61. The van der Waals surface area contributed by atoms with Gasteiger partial charge in [0.15, 0.2) is 0 Å². The molecule has 2 atom stereocenters. The van der Waals surface area contributed by atoms with Crippen LogP contribution in [0.2, 0.25) is 0 Å². The normalized spacial score (nSPS) is 16.4. The van der Waals surface area contributed by atoms with Crippen molar-refractivity contribution in [3.63, 3.8) is 0 Å². The minimum absolute atomic E-state index is 0.219. The summed E-state index contributed by atoms with van der Waals surface area (Å²) in [6.45, 7) is 8.04. The summed E-state index contributed by atoms with van der Waals surface area (Å²) in [4.78, 5) is 0. The highest BCUT2D eigenvalue weighted by atomic mass is 19.1. The van der Waals surface area contributed by atoms with Crippen molar-refractivity contribution in [2.45, 2.75) is 45.8 Å². The lowest BCUT2D eigenvalue weighted by Crippen LogP contribution is -2.39. The third-order valence-corrected chi connectivity index (χ3v) is 3.02. The lowest BCUT2D eigenvalue weighted by molar-refractivity contribution is 0.0363. The van der Waals surface area contributed by atoms with Gasteiger partial charge < -0.3 is 10.4 Å². The Morgan fingerprint density at radius 2 is 1.68 bits per heavy atom. The molecule has 108 valence electrons. The molecule has 0 aliphatic rings. The van der Waals surface area contributed by atoms with Crippen LogP contribution in [0.25, 0.3) is 0 Å². The average Bonchev–Trinajstić information content (AvgIpc) is 2.22. The number of hydrogen-bond acceptors (Lipinski definition) is 2. The lowest BCUT2D eigenvalue weighted by Gasteiger charge is -2.27. The molecule has 0 aliphatic carbocycles. The van der Waals surface area contributed by atoms with Crippen LogP contribution in [-0.2, 0) is 0 Å². The first kappa shape index (κ1) is 16.1. The minimum Gasteiger partial charge on any atom is -0.389 e. The molecule has 0 saturated carbocycles. The lowest BCUT2D eigenvalue weighted by atomic mass is 9.94. The highest BCUT2D eigenvalue weighted by molar-refractivity contribution is 5.20. The van der Waals surface area contributed by atoms with Gasteiger partial charge in [-0.15, -0.1) is 0 Å². The molecule has 4 heteroatoms. The molecule has 1 aromatic carbocycles. The molecule has 0 bridgehead atoms. The molecule has 0 aliphatic heterocycles. The molecule has 0 fully saturated rings. The fourth-order valence-electron chi connectivity index (χ4n) is 2.27. The van der Waals surface area contributed by atoms with Crippen LogP contribution in [0.1, 0.15) is 45.7 Å². The number of benzene rings is 1. The number of hydrogen-bond donors (Lipinski definition) is 2. The predicted octanol–water partition coefficient (Wildman–Crippen LogP) is 3.41. The van der Waals surface area contributed by atoms with Gasteiger partial charge in [0, 0.05) is 18.7 Å². The van der Waals surface area contributed by atoms with Gasteiger partial charge in [0.25, 0.3) is 0 Å². The maximum absolute atomic E-state index is 13.1. The van der Waals surface area contributed by atoms with E-state index < -0.39 is 17.2 Å². The van der Waals surface area contributed by atoms with Crippen LogP contribution in [0.5, 0.6) is 0 Å². The second-order valence-electron chi connectivity index (χ2n) is 5.90. The molecule has 19 heavy (non-hydrogen) atoms. The zero-order chi connectivity index (χ0) is 14.6. The van der Waals surface area contributed by atoms with Gasteiger partial charge in [0.05, 0.1) is 5.60 Å². The van der Waals surface area contributed by atoms with E-state index >= 15 is 0 Å². The maximum atomic E-state index is 13.1. The van der Waals surface area contributed by atoms with Gasteiger partial charge in [0.1, 0.15) is 11.6 Å². The Balaban J connectivity index is 2.62. The van der Waals surface area contributed by atoms with Crippen molar-refractivity contribution in [3.05, 3.63) is 35.4 Å². The van der Waals surface area contributed by atoms with Gasteiger partial charge >= 0.3 is 0 Å². The summed E-state index contributed by atoms with van der Waals surface area (Å²) < 4.78 is 26.2. The van der Waals surface area contributed by atoms with Crippen molar-refractivity contribution in [2.24, 2.45) is 5.92 Å². The highest BCUT2D eigenvalue weighted by Crippen LogP contribution is 2.19. The number of rotatable bonds is 6. The van der Waals surface area contributed by atoms with E-state index in [0.29, 0.717) is 24.4 Å². The Bertz CT molecular complexity index is 398. The van der Waals surface area contributed by atoms with E-state index in [4.69, 9.17) is 0 Å². The Hall–Kier alpha value is -1.00. The van der Waals surface area contributed by atoms with Crippen LogP contribution in [0, 0.1) is 17.6 Å². The summed E-state index contributed by atoms with van der Waals surface area (Å²) in [6.07, 6.45) is 0.671. The molecule has 1 rings (SSSR count). The topological polar surface area (TPSA) is 32.3 Å². The second-order valence-corrected chi connectivity index (χ2v) is 5.90. The van der Waals surface area contributed by atoms with Crippen molar-refractivity contribution < 1.29 is 13.9 Å². The van der Waals surface area contributed by atoms with E-state index in [1.54, 1.807) is 6.92 Å². The summed E-state index contributed by atoms with van der Waals surface area (Å²) in [5, 5.41) is 13.3. The molecule has 0 radical (unpaired) electrons. The summed E-state index contributed by atoms with van der Waals surface area (Å²) in [7, 11) is 0. The molecule has 0 saturated heterocycles. The van der Waals surface area contributed by atoms with E-state index in [-0.39, 0.29) is 6.04 Å². The monoisotopic (exact) mass is 271 g/mol. The fraction of sp³-hybridized carbons (Fsp3) is 0.600. The Morgan fingerprint density at radius 3 is 2.16 bits per heavy atom. The summed E-state index contributed by atoms with van der Waals surface area (Å²) in [6, 6.07) is 3.24. The third-order valence-electron chi connectivity index (χ3n) is 3.02. The summed E-state index contributed by atoms with van der Waals surface area (Å²) in [5.74, 6) is -0.783. The van der Waals surface area contributed by atoms with Gasteiger partial charge in [-0.2, -0.15) is 0 Å². The van der Waals surface area contributed by atoms with Crippen LogP contribution < -0.4 is 5.32 Å². The van der Waals surface area contributed by atoms with E-state index in [1.807, 2.05) is 20.8 Å². The van der Waals surface area contributed by atoms with Gasteiger partial charge in [-0.05, 0) is 43.9 Å². The maximum Gasteiger partial charge on any atom is 0.126 e. The van der Waals surface area contributed by atoms with Gasteiger partial charge in [-0.25, -0.2) is 8.78 Å². The molecule has 0 heterocycles.